The number of hydrogen-bond acceptors (Lipinski definition) is 1. The van der Waals surface area contributed by atoms with Crippen molar-refractivity contribution >= 4 is 6.29 Å². The Morgan fingerprint density at radius 3 is 2.44 bits per heavy atom. The molecule has 0 aliphatic heterocycles. The molecule has 1 unspecified atom stereocenters. The van der Waals surface area contributed by atoms with E-state index in [1.54, 1.807) is 0 Å². The molecular formula is C8H12O. The molecule has 0 aromatic heterocycles. The Morgan fingerprint density at radius 2 is 2.11 bits per heavy atom. The predicted octanol–water partition coefficient (Wildman–Crippen LogP) is 1.62. The number of aldehydes is 1. The predicted molar refractivity (Wildman–Crippen MR) is 35.0 cm³/mol. The average Bonchev–Trinajstić information content (AvgIpc) is 2.45. The summed E-state index contributed by atoms with van der Waals surface area (Å²) in [5.41, 5.74) is 0. The molecule has 3 atom stereocenters. The van der Waals surface area contributed by atoms with Crippen LogP contribution in [0.1, 0.15) is 25.7 Å². The summed E-state index contributed by atoms with van der Waals surface area (Å²) >= 11 is 0. The van der Waals surface area contributed by atoms with E-state index in [9.17, 15) is 4.79 Å². The normalized spacial score (nSPS) is 47.8. The summed E-state index contributed by atoms with van der Waals surface area (Å²) in [7, 11) is 0. The minimum atomic E-state index is 0.448. The SMILES string of the molecule is O=CC1C[C@@H]2CC[C@H]1C2. The van der Waals surface area contributed by atoms with Crippen LogP contribution in [0, 0.1) is 17.8 Å². The van der Waals surface area contributed by atoms with Crippen molar-refractivity contribution in [2.45, 2.75) is 25.7 Å². The van der Waals surface area contributed by atoms with Gasteiger partial charge < -0.3 is 4.79 Å². The Bertz CT molecular complexity index is 131. The average molecular weight is 124 g/mol. The smallest absolute Gasteiger partial charge is 0.123 e. The maximum Gasteiger partial charge on any atom is 0.123 e. The highest BCUT2D eigenvalue weighted by Gasteiger charge is 2.38. The van der Waals surface area contributed by atoms with Crippen LogP contribution in [0.3, 0.4) is 0 Å². The standard InChI is InChI=1S/C8H12O/c9-5-8-4-6-1-2-7(8)3-6/h5-8H,1-4H2/t6-,7+,8?/m1/s1. The van der Waals surface area contributed by atoms with E-state index in [4.69, 9.17) is 0 Å². The molecular weight excluding hydrogens is 112 g/mol. The van der Waals surface area contributed by atoms with Crippen LogP contribution in [0.4, 0.5) is 0 Å². The van der Waals surface area contributed by atoms with Gasteiger partial charge in [0, 0.05) is 5.92 Å². The third-order valence-electron chi connectivity index (χ3n) is 2.97. The Balaban J connectivity index is 2.09. The van der Waals surface area contributed by atoms with Crippen molar-refractivity contribution in [3.05, 3.63) is 0 Å². The molecule has 1 heteroatoms. The van der Waals surface area contributed by atoms with Gasteiger partial charge in [0.25, 0.3) is 0 Å². The van der Waals surface area contributed by atoms with Crippen molar-refractivity contribution in [2.24, 2.45) is 17.8 Å². The van der Waals surface area contributed by atoms with E-state index < -0.39 is 0 Å². The van der Waals surface area contributed by atoms with E-state index in [-0.39, 0.29) is 0 Å². The molecule has 2 saturated carbocycles. The molecule has 0 saturated heterocycles. The fourth-order valence-electron chi connectivity index (χ4n) is 2.46. The first-order valence-electron chi connectivity index (χ1n) is 3.85. The van der Waals surface area contributed by atoms with Gasteiger partial charge in [0.1, 0.15) is 6.29 Å². The summed E-state index contributed by atoms with van der Waals surface area (Å²) in [5.74, 6) is 2.15. The van der Waals surface area contributed by atoms with Crippen LogP contribution in [0.2, 0.25) is 0 Å². The molecule has 2 fully saturated rings. The van der Waals surface area contributed by atoms with Gasteiger partial charge in [0.15, 0.2) is 0 Å². The van der Waals surface area contributed by atoms with Crippen molar-refractivity contribution in [1.29, 1.82) is 0 Å². The van der Waals surface area contributed by atoms with Crippen molar-refractivity contribution in [1.82, 2.24) is 0 Å². The maximum atomic E-state index is 10.4. The molecule has 0 heterocycles. The Kier molecular flexibility index (Phi) is 1.11. The molecule has 2 aliphatic carbocycles. The highest BCUT2D eigenvalue weighted by molar-refractivity contribution is 5.55. The maximum absolute atomic E-state index is 10.4. The van der Waals surface area contributed by atoms with E-state index in [2.05, 4.69) is 0 Å². The highest BCUT2D eigenvalue weighted by Crippen LogP contribution is 2.47. The van der Waals surface area contributed by atoms with E-state index in [0.29, 0.717) is 5.92 Å². The summed E-state index contributed by atoms with van der Waals surface area (Å²) in [4.78, 5) is 10.4. The first kappa shape index (κ1) is 5.45. The van der Waals surface area contributed by atoms with Crippen molar-refractivity contribution in [3.8, 4) is 0 Å². The van der Waals surface area contributed by atoms with Gasteiger partial charge in [0.2, 0.25) is 0 Å². The number of carbonyl (C=O) groups is 1. The zero-order valence-electron chi connectivity index (χ0n) is 5.55. The van der Waals surface area contributed by atoms with Crippen molar-refractivity contribution < 1.29 is 4.79 Å². The van der Waals surface area contributed by atoms with E-state index >= 15 is 0 Å². The zero-order chi connectivity index (χ0) is 6.27. The van der Waals surface area contributed by atoms with Gasteiger partial charge in [-0.25, -0.2) is 0 Å². The second kappa shape index (κ2) is 1.83. The van der Waals surface area contributed by atoms with Crippen LogP contribution >= 0.6 is 0 Å². The summed E-state index contributed by atoms with van der Waals surface area (Å²) < 4.78 is 0. The van der Waals surface area contributed by atoms with Gasteiger partial charge in [-0.3, -0.25) is 0 Å². The molecule has 9 heavy (non-hydrogen) atoms. The molecule has 0 amide bonds. The molecule has 0 N–H and O–H groups in total. The molecule has 2 bridgehead atoms. The Morgan fingerprint density at radius 1 is 1.22 bits per heavy atom. The van der Waals surface area contributed by atoms with Crippen LogP contribution < -0.4 is 0 Å². The van der Waals surface area contributed by atoms with Gasteiger partial charge in [-0.1, -0.05) is 6.42 Å². The van der Waals surface area contributed by atoms with Crippen LogP contribution in [0.25, 0.3) is 0 Å². The topological polar surface area (TPSA) is 17.1 Å². The Hall–Kier alpha value is -0.330. The fourth-order valence-corrected chi connectivity index (χ4v) is 2.46. The quantitative estimate of drug-likeness (QED) is 0.485. The van der Waals surface area contributed by atoms with Crippen LogP contribution in [0.15, 0.2) is 0 Å². The largest absolute Gasteiger partial charge is 0.303 e. The van der Waals surface area contributed by atoms with Gasteiger partial charge in [-0.05, 0) is 31.1 Å². The summed E-state index contributed by atoms with van der Waals surface area (Å²) in [6, 6.07) is 0. The second-order valence-electron chi connectivity index (χ2n) is 3.47. The molecule has 0 aromatic rings. The zero-order valence-corrected chi connectivity index (χ0v) is 5.55. The number of rotatable bonds is 1. The molecule has 0 aromatic carbocycles. The summed E-state index contributed by atoms with van der Waals surface area (Å²) in [6.07, 6.45) is 6.45. The van der Waals surface area contributed by atoms with Crippen molar-refractivity contribution in [3.63, 3.8) is 0 Å². The lowest BCUT2D eigenvalue weighted by Gasteiger charge is -2.14. The van der Waals surface area contributed by atoms with E-state index in [1.165, 1.54) is 32.0 Å². The number of carbonyl (C=O) groups excluding carboxylic acids is 1. The minimum absolute atomic E-state index is 0.448. The number of fused-ring (bicyclic) bond motifs is 2. The molecule has 2 rings (SSSR count). The van der Waals surface area contributed by atoms with Gasteiger partial charge in [-0.2, -0.15) is 0 Å². The van der Waals surface area contributed by atoms with Crippen molar-refractivity contribution in [2.75, 3.05) is 0 Å². The lowest BCUT2D eigenvalue weighted by Crippen LogP contribution is -2.10. The fraction of sp³-hybridized carbons (Fsp3) is 0.875. The van der Waals surface area contributed by atoms with Crippen LogP contribution in [0.5, 0.6) is 0 Å². The lowest BCUT2D eigenvalue weighted by molar-refractivity contribution is -0.112. The Labute approximate surface area is 55.4 Å². The van der Waals surface area contributed by atoms with Crippen LogP contribution in [-0.4, -0.2) is 6.29 Å². The van der Waals surface area contributed by atoms with E-state index in [1.807, 2.05) is 0 Å². The molecule has 0 radical (unpaired) electrons. The first-order chi connectivity index (χ1) is 4.40. The molecule has 0 spiro atoms. The monoisotopic (exact) mass is 124 g/mol. The molecule has 2 aliphatic rings. The lowest BCUT2D eigenvalue weighted by atomic mass is 9.90. The molecule has 50 valence electrons. The van der Waals surface area contributed by atoms with Gasteiger partial charge in [-0.15, -0.1) is 0 Å². The van der Waals surface area contributed by atoms with Gasteiger partial charge in [0.05, 0.1) is 0 Å². The number of hydrogen-bond donors (Lipinski definition) is 0. The molecule has 1 nitrogen and oxygen atoms in total. The third kappa shape index (κ3) is 0.707. The first-order valence-corrected chi connectivity index (χ1v) is 3.85. The minimum Gasteiger partial charge on any atom is -0.303 e. The van der Waals surface area contributed by atoms with Gasteiger partial charge >= 0.3 is 0 Å². The summed E-state index contributed by atoms with van der Waals surface area (Å²) in [6.45, 7) is 0. The van der Waals surface area contributed by atoms with Crippen LogP contribution in [-0.2, 0) is 4.79 Å². The third-order valence-corrected chi connectivity index (χ3v) is 2.97. The second-order valence-corrected chi connectivity index (χ2v) is 3.47. The highest BCUT2D eigenvalue weighted by atomic mass is 16.1. The van der Waals surface area contributed by atoms with E-state index in [0.717, 1.165) is 11.8 Å². The summed E-state index contributed by atoms with van der Waals surface area (Å²) in [5, 5.41) is 0.